The maximum absolute atomic E-state index is 12.4. The van der Waals surface area contributed by atoms with Crippen molar-refractivity contribution in [3.8, 4) is 0 Å². The summed E-state index contributed by atoms with van der Waals surface area (Å²) in [6.45, 7) is 4.95. The predicted molar refractivity (Wildman–Crippen MR) is 81.6 cm³/mol. The van der Waals surface area contributed by atoms with Gasteiger partial charge in [0.15, 0.2) is 9.84 Å². The monoisotopic (exact) mass is 326 g/mol. The van der Waals surface area contributed by atoms with E-state index < -0.39 is 15.1 Å². The highest BCUT2D eigenvalue weighted by Crippen LogP contribution is 2.26. The van der Waals surface area contributed by atoms with Gasteiger partial charge >= 0.3 is 0 Å². The van der Waals surface area contributed by atoms with E-state index in [-0.39, 0.29) is 16.1 Å². The van der Waals surface area contributed by atoms with Crippen LogP contribution in [0.2, 0.25) is 5.28 Å². The quantitative estimate of drug-likeness (QED) is 0.930. The van der Waals surface area contributed by atoms with Crippen LogP contribution in [0, 0.1) is 6.92 Å². The van der Waals surface area contributed by atoms with Crippen molar-refractivity contribution in [3.05, 3.63) is 35.4 Å². The number of nitrogens with one attached hydrogen (secondary N) is 1. The molecule has 0 bridgehead atoms. The third kappa shape index (κ3) is 3.48. The fraction of sp³-hybridized carbons (Fsp3) is 0.308. The highest BCUT2D eigenvalue weighted by molar-refractivity contribution is 7.92. The lowest BCUT2D eigenvalue weighted by Gasteiger charge is -2.13. The molecule has 1 aromatic carbocycles. The molecule has 0 unspecified atom stereocenters. The molecule has 1 N–H and O–H groups in total. The molecule has 8 heteroatoms. The van der Waals surface area contributed by atoms with Gasteiger partial charge in [-0.1, -0.05) is 12.1 Å². The van der Waals surface area contributed by atoms with Crippen LogP contribution in [0.3, 0.4) is 0 Å². The smallest absolute Gasteiger partial charge is 0.231 e. The van der Waals surface area contributed by atoms with E-state index in [9.17, 15) is 8.42 Å². The van der Waals surface area contributed by atoms with Gasteiger partial charge in [-0.15, -0.1) is 0 Å². The average Bonchev–Trinajstić information content (AvgIpc) is 2.37. The van der Waals surface area contributed by atoms with Gasteiger partial charge in [-0.05, 0) is 44.5 Å². The van der Waals surface area contributed by atoms with Crippen LogP contribution in [0.25, 0.3) is 0 Å². The van der Waals surface area contributed by atoms with E-state index in [4.69, 9.17) is 11.6 Å². The Morgan fingerprint density at radius 1 is 1.14 bits per heavy atom. The van der Waals surface area contributed by atoms with Crippen LogP contribution < -0.4 is 5.32 Å². The first-order chi connectivity index (χ1) is 9.80. The molecule has 21 heavy (non-hydrogen) atoms. The molecule has 112 valence electrons. The van der Waals surface area contributed by atoms with Crippen molar-refractivity contribution in [2.45, 2.75) is 30.9 Å². The largest absolute Gasteiger partial charge is 0.323 e. The Morgan fingerprint density at radius 2 is 1.81 bits per heavy atom. The third-order valence-corrected chi connectivity index (χ3v) is 5.16. The standard InChI is InChI=1S/C13H15ClN4O2S/c1-8(2)21(19,20)11-7-5-4-6-10(11)17-13-16-9(3)15-12(14)18-13/h4-8H,1-3H3,(H,15,16,17,18). The first-order valence-corrected chi connectivity index (χ1v) is 8.21. The lowest BCUT2D eigenvalue weighted by molar-refractivity contribution is 0.588. The Balaban J connectivity index is 2.46. The highest BCUT2D eigenvalue weighted by atomic mass is 35.5. The lowest BCUT2D eigenvalue weighted by atomic mass is 10.3. The Bertz CT molecular complexity index is 742. The number of rotatable bonds is 4. The molecule has 0 amide bonds. The number of hydrogen-bond acceptors (Lipinski definition) is 6. The molecule has 0 atom stereocenters. The minimum absolute atomic E-state index is 0.0502. The maximum Gasteiger partial charge on any atom is 0.231 e. The van der Waals surface area contributed by atoms with Crippen molar-refractivity contribution in [3.63, 3.8) is 0 Å². The van der Waals surface area contributed by atoms with E-state index >= 15 is 0 Å². The van der Waals surface area contributed by atoms with Gasteiger partial charge in [0.05, 0.1) is 15.8 Å². The molecule has 0 radical (unpaired) electrons. The highest BCUT2D eigenvalue weighted by Gasteiger charge is 2.22. The third-order valence-electron chi connectivity index (χ3n) is 2.78. The second-order valence-corrected chi connectivity index (χ2v) is 7.50. The van der Waals surface area contributed by atoms with Gasteiger partial charge in [0, 0.05) is 0 Å². The number of aromatic nitrogens is 3. The predicted octanol–water partition coefficient (Wildman–Crippen LogP) is 2.76. The van der Waals surface area contributed by atoms with Crippen molar-refractivity contribution < 1.29 is 8.42 Å². The lowest BCUT2D eigenvalue weighted by Crippen LogP contribution is -2.16. The Morgan fingerprint density at radius 3 is 2.43 bits per heavy atom. The molecular weight excluding hydrogens is 312 g/mol. The number of benzene rings is 1. The summed E-state index contributed by atoms with van der Waals surface area (Å²) in [4.78, 5) is 12.1. The summed E-state index contributed by atoms with van der Waals surface area (Å²) in [6.07, 6.45) is 0. The van der Waals surface area contributed by atoms with Crippen molar-refractivity contribution in [1.82, 2.24) is 15.0 Å². The summed E-state index contributed by atoms with van der Waals surface area (Å²) in [5.41, 5.74) is 0.410. The Hall–Kier alpha value is -1.73. The SMILES string of the molecule is Cc1nc(Cl)nc(Nc2ccccc2S(=O)(=O)C(C)C)n1. The number of halogens is 1. The molecule has 2 aromatic rings. The van der Waals surface area contributed by atoms with Gasteiger partial charge in [-0.3, -0.25) is 0 Å². The zero-order valence-corrected chi connectivity index (χ0v) is 13.4. The minimum Gasteiger partial charge on any atom is -0.323 e. The van der Waals surface area contributed by atoms with Crippen molar-refractivity contribution >= 4 is 33.1 Å². The molecule has 0 saturated carbocycles. The number of anilines is 2. The summed E-state index contributed by atoms with van der Waals surface area (Å²) >= 11 is 5.78. The van der Waals surface area contributed by atoms with Crippen LogP contribution in [0.5, 0.6) is 0 Å². The summed E-state index contributed by atoms with van der Waals surface area (Å²) in [7, 11) is -3.41. The first kappa shape index (κ1) is 15.7. The molecule has 0 aliphatic rings. The topological polar surface area (TPSA) is 84.8 Å². The summed E-state index contributed by atoms with van der Waals surface area (Å²) in [5.74, 6) is 0.653. The van der Waals surface area contributed by atoms with Gasteiger partial charge in [0.1, 0.15) is 5.82 Å². The van der Waals surface area contributed by atoms with Gasteiger partial charge < -0.3 is 5.32 Å². The number of nitrogens with zero attached hydrogens (tertiary/aromatic N) is 3. The van der Waals surface area contributed by atoms with Crippen molar-refractivity contribution in [2.75, 3.05) is 5.32 Å². The first-order valence-electron chi connectivity index (χ1n) is 6.29. The second kappa shape index (κ2) is 5.95. The van der Waals surface area contributed by atoms with E-state index in [1.165, 1.54) is 0 Å². The number of aryl methyl sites for hydroxylation is 1. The van der Waals surface area contributed by atoms with Gasteiger partial charge in [-0.25, -0.2) is 13.4 Å². The zero-order valence-electron chi connectivity index (χ0n) is 11.8. The molecule has 0 aliphatic heterocycles. The zero-order chi connectivity index (χ0) is 15.6. The molecule has 0 saturated heterocycles. The van der Waals surface area contributed by atoms with Crippen LogP contribution in [0.15, 0.2) is 29.2 Å². The Kier molecular flexibility index (Phi) is 4.43. The van der Waals surface area contributed by atoms with Gasteiger partial charge in [0.25, 0.3) is 0 Å². The maximum atomic E-state index is 12.4. The molecule has 1 heterocycles. The molecule has 0 aliphatic carbocycles. The molecule has 2 rings (SSSR count). The summed E-state index contributed by atoms with van der Waals surface area (Å²) < 4.78 is 24.7. The van der Waals surface area contributed by atoms with E-state index in [2.05, 4.69) is 20.3 Å². The summed E-state index contributed by atoms with van der Waals surface area (Å²) in [5, 5.41) is 2.42. The second-order valence-electron chi connectivity index (χ2n) is 4.69. The normalized spacial score (nSPS) is 11.7. The van der Waals surface area contributed by atoms with Crippen LogP contribution >= 0.6 is 11.6 Å². The molecule has 0 fully saturated rings. The van der Waals surface area contributed by atoms with Gasteiger partial charge in [0.2, 0.25) is 11.2 Å². The van der Waals surface area contributed by atoms with Crippen LogP contribution in [-0.2, 0) is 9.84 Å². The number of para-hydroxylation sites is 1. The van der Waals surface area contributed by atoms with E-state index in [1.807, 2.05) is 0 Å². The van der Waals surface area contributed by atoms with Crippen molar-refractivity contribution in [1.29, 1.82) is 0 Å². The molecular formula is C13H15ClN4O2S. The fourth-order valence-corrected chi connectivity index (χ4v) is 3.10. The van der Waals surface area contributed by atoms with Crippen LogP contribution in [0.4, 0.5) is 11.6 Å². The van der Waals surface area contributed by atoms with E-state index in [0.717, 1.165) is 0 Å². The Labute approximate surface area is 128 Å². The summed E-state index contributed by atoms with van der Waals surface area (Å²) in [6, 6.07) is 6.61. The van der Waals surface area contributed by atoms with Gasteiger partial charge in [-0.2, -0.15) is 9.97 Å². The number of hydrogen-bond donors (Lipinski definition) is 1. The van der Waals surface area contributed by atoms with Crippen LogP contribution in [-0.4, -0.2) is 28.6 Å². The molecule has 1 aromatic heterocycles. The average molecular weight is 327 g/mol. The van der Waals surface area contributed by atoms with E-state index in [1.54, 1.807) is 45.0 Å². The minimum atomic E-state index is -3.41. The molecule has 6 nitrogen and oxygen atoms in total. The van der Waals surface area contributed by atoms with E-state index in [0.29, 0.717) is 11.5 Å². The van der Waals surface area contributed by atoms with Crippen LogP contribution in [0.1, 0.15) is 19.7 Å². The number of sulfone groups is 1. The fourth-order valence-electron chi connectivity index (χ4n) is 1.70. The molecule has 0 spiro atoms. The van der Waals surface area contributed by atoms with Crippen molar-refractivity contribution in [2.24, 2.45) is 0 Å².